The molecule has 2 heterocycles. The Morgan fingerprint density at radius 3 is 2.70 bits per heavy atom. The molecule has 2 aromatic carbocycles. The van der Waals surface area contributed by atoms with Gasteiger partial charge in [-0.1, -0.05) is 30.3 Å². The Morgan fingerprint density at radius 1 is 1.04 bits per heavy atom. The molecule has 3 aromatic rings. The van der Waals surface area contributed by atoms with Crippen LogP contribution in [-0.2, 0) is 6.54 Å². The molecule has 114 valence electrons. The second-order valence-corrected chi connectivity index (χ2v) is 5.55. The molecule has 0 aliphatic carbocycles. The van der Waals surface area contributed by atoms with Crippen molar-refractivity contribution in [1.82, 2.24) is 9.55 Å². The number of benzene rings is 2. The smallest absolute Gasteiger partial charge is 0.261 e. The first kappa shape index (κ1) is 13.7. The molecule has 4 rings (SSSR count). The van der Waals surface area contributed by atoms with Crippen LogP contribution in [0, 0.1) is 0 Å². The monoisotopic (exact) mass is 304 g/mol. The largest absolute Gasteiger partial charge is 0.291 e. The average Bonchev–Trinajstić information content (AvgIpc) is 2.61. The van der Waals surface area contributed by atoms with Gasteiger partial charge < -0.3 is 0 Å². The molecule has 0 bridgehead atoms. The van der Waals surface area contributed by atoms with Crippen molar-refractivity contribution in [3.8, 4) is 0 Å². The lowest BCUT2D eigenvalue weighted by Gasteiger charge is -2.19. The predicted molar refractivity (Wildman–Crippen MR) is 91.8 cm³/mol. The summed E-state index contributed by atoms with van der Waals surface area (Å²) in [5.74, 6) is 0.670. The van der Waals surface area contributed by atoms with Crippen molar-refractivity contribution in [3.63, 3.8) is 0 Å². The minimum absolute atomic E-state index is 0.0118. The van der Waals surface area contributed by atoms with Gasteiger partial charge in [-0.15, -0.1) is 0 Å². The number of fused-ring (bicyclic) bond motifs is 2. The van der Waals surface area contributed by atoms with Crippen molar-refractivity contribution in [2.75, 3.05) is 5.43 Å². The highest BCUT2D eigenvalue weighted by Gasteiger charge is 2.20. The van der Waals surface area contributed by atoms with Crippen LogP contribution < -0.4 is 11.0 Å². The van der Waals surface area contributed by atoms with Gasteiger partial charge in [0.2, 0.25) is 0 Å². The highest BCUT2D eigenvalue weighted by molar-refractivity contribution is 5.99. The molecule has 0 amide bonds. The van der Waals surface area contributed by atoms with Crippen LogP contribution in [0.2, 0.25) is 0 Å². The Hall–Kier alpha value is -2.95. The van der Waals surface area contributed by atoms with Crippen molar-refractivity contribution < 1.29 is 0 Å². The maximum absolute atomic E-state index is 12.6. The topological polar surface area (TPSA) is 59.3 Å². The number of hydrazone groups is 1. The van der Waals surface area contributed by atoms with Crippen molar-refractivity contribution in [1.29, 1.82) is 0 Å². The fourth-order valence-corrected chi connectivity index (χ4v) is 2.86. The van der Waals surface area contributed by atoms with Gasteiger partial charge in [-0.25, -0.2) is 4.98 Å². The third kappa shape index (κ3) is 2.50. The Bertz CT molecular complexity index is 944. The first-order valence-corrected chi connectivity index (χ1v) is 7.70. The van der Waals surface area contributed by atoms with E-state index in [0.29, 0.717) is 17.8 Å². The predicted octanol–water partition coefficient (Wildman–Crippen LogP) is 3.01. The van der Waals surface area contributed by atoms with E-state index in [0.717, 1.165) is 29.8 Å². The molecule has 5 nitrogen and oxygen atoms in total. The van der Waals surface area contributed by atoms with Crippen LogP contribution in [0.5, 0.6) is 0 Å². The lowest BCUT2D eigenvalue weighted by Crippen LogP contribution is -2.32. The summed E-state index contributed by atoms with van der Waals surface area (Å²) >= 11 is 0. The fraction of sp³-hybridized carbons (Fsp3) is 0.167. The molecule has 0 spiro atoms. The van der Waals surface area contributed by atoms with Gasteiger partial charge in [0.05, 0.1) is 16.6 Å². The number of para-hydroxylation sites is 2. The minimum atomic E-state index is 0.0118. The van der Waals surface area contributed by atoms with Gasteiger partial charge in [0.15, 0.2) is 5.82 Å². The maximum Gasteiger partial charge on any atom is 0.261 e. The van der Waals surface area contributed by atoms with E-state index < -0.39 is 0 Å². The summed E-state index contributed by atoms with van der Waals surface area (Å²) in [4.78, 5) is 17.3. The van der Waals surface area contributed by atoms with Crippen LogP contribution in [0.15, 0.2) is 64.5 Å². The molecule has 1 aliphatic heterocycles. The van der Waals surface area contributed by atoms with E-state index in [1.165, 1.54) is 0 Å². The van der Waals surface area contributed by atoms with E-state index in [1.807, 2.05) is 54.6 Å². The van der Waals surface area contributed by atoms with Crippen molar-refractivity contribution in [2.45, 2.75) is 19.4 Å². The van der Waals surface area contributed by atoms with Crippen LogP contribution in [0.3, 0.4) is 0 Å². The Morgan fingerprint density at radius 2 is 1.83 bits per heavy atom. The second-order valence-electron chi connectivity index (χ2n) is 5.55. The SMILES string of the molecule is O=c1c2ccccc2nc2n1CCC/C2=N/Nc1ccccc1. The van der Waals surface area contributed by atoms with E-state index in [-0.39, 0.29) is 5.56 Å². The summed E-state index contributed by atoms with van der Waals surface area (Å²) in [6.45, 7) is 0.691. The molecule has 0 saturated carbocycles. The third-order valence-electron chi connectivity index (χ3n) is 4.01. The molecule has 0 radical (unpaired) electrons. The Balaban J connectivity index is 1.80. The summed E-state index contributed by atoms with van der Waals surface area (Å²) in [6.07, 6.45) is 1.70. The normalized spacial score (nSPS) is 15.6. The molecule has 1 N–H and O–H groups in total. The Kier molecular flexibility index (Phi) is 3.38. The molecule has 1 aliphatic rings. The zero-order valence-electron chi connectivity index (χ0n) is 12.6. The standard InChI is InChI=1S/C18H16N4O/c23-18-14-9-4-5-10-15(14)19-17-16(11-6-12-22(17)18)21-20-13-7-2-1-3-8-13/h1-5,7-10,20H,6,11-12H2/b21-16-. The van der Waals surface area contributed by atoms with E-state index >= 15 is 0 Å². The number of nitrogens with zero attached hydrogens (tertiary/aromatic N) is 3. The number of anilines is 1. The highest BCUT2D eigenvalue weighted by atomic mass is 16.1. The molecular weight excluding hydrogens is 288 g/mol. The van der Waals surface area contributed by atoms with Crippen LogP contribution in [0.4, 0.5) is 5.69 Å². The number of hydrogen-bond donors (Lipinski definition) is 1. The molecule has 0 unspecified atom stereocenters. The lowest BCUT2D eigenvalue weighted by atomic mass is 10.1. The van der Waals surface area contributed by atoms with Gasteiger partial charge in [-0.2, -0.15) is 5.10 Å². The zero-order valence-corrected chi connectivity index (χ0v) is 12.6. The van der Waals surface area contributed by atoms with Crippen molar-refractivity contribution >= 4 is 22.3 Å². The minimum Gasteiger partial charge on any atom is -0.291 e. The van der Waals surface area contributed by atoms with Gasteiger partial charge in [-0.3, -0.25) is 14.8 Å². The highest BCUT2D eigenvalue weighted by Crippen LogP contribution is 2.16. The van der Waals surface area contributed by atoms with Crippen LogP contribution >= 0.6 is 0 Å². The first-order chi connectivity index (χ1) is 11.3. The number of rotatable bonds is 2. The average molecular weight is 304 g/mol. The van der Waals surface area contributed by atoms with Gasteiger partial charge in [0.1, 0.15) is 5.71 Å². The molecule has 5 heteroatoms. The first-order valence-electron chi connectivity index (χ1n) is 7.70. The van der Waals surface area contributed by atoms with Crippen LogP contribution in [0.25, 0.3) is 10.9 Å². The lowest BCUT2D eigenvalue weighted by molar-refractivity contribution is 0.597. The third-order valence-corrected chi connectivity index (χ3v) is 4.01. The number of hydrogen-bond acceptors (Lipinski definition) is 4. The van der Waals surface area contributed by atoms with E-state index in [1.54, 1.807) is 4.57 Å². The van der Waals surface area contributed by atoms with Crippen molar-refractivity contribution in [2.24, 2.45) is 5.10 Å². The summed E-state index contributed by atoms with van der Waals surface area (Å²) in [6, 6.07) is 17.2. The Labute approximate surface area is 133 Å². The fourth-order valence-electron chi connectivity index (χ4n) is 2.86. The van der Waals surface area contributed by atoms with Crippen molar-refractivity contribution in [3.05, 3.63) is 70.8 Å². The van der Waals surface area contributed by atoms with Crippen LogP contribution in [0.1, 0.15) is 18.7 Å². The zero-order chi connectivity index (χ0) is 15.6. The van der Waals surface area contributed by atoms with E-state index in [2.05, 4.69) is 15.5 Å². The molecule has 23 heavy (non-hydrogen) atoms. The molecule has 0 saturated heterocycles. The molecule has 0 fully saturated rings. The summed E-state index contributed by atoms with van der Waals surface area (Å²) in [5, 5.41) is 5.15. The summed E-state index contributed by atoms with van der Waals surface area (Å²) < 4.78 is 1.73. The molecule has 1 aromatic heterocycles. The summed E-state index contributed by atoms with van der Waals surface area (Å²) in [7, 11) is 0. The molecule has 0 atom stereocenters. The second kappa shape index (κ2) is 5.68. The van der Waals surface area contributed by atoms with Gasteiger partial charge in [0, 0.05) is 6.54 Å². The maximum atomic E-state index is 12.6. The van der Waals surface area contributed by atoms with Gasteiger partial charge in [0.25, 0.3) is 5.56 Å². The molecular formula is C18H16N4O. The number of aromatic nitrogens is 2. The van der Waals surface area contributed by atoms with Gasteiger partial charge >= 0.3 is 0 Å². The summed E-state index contributed by atoms with van der Waals surface area (Å²) in [5.41, 5.74) is 5.53. The van der Waals surface area contributed by atoms with Crippen LogP contribution in [-0.4, -0.2) is 15.3 Å². The van der Waals surface area contributed by atoms with Gasteiger partial charge in [-0.05, 0) is 37.1 Å². The number of nitrogens with one attached hydrogen (secondary N) is 1. The quantitative estimate of drug-likeness (QED) is 0.740. The van der Waals surface area contributed by atoms with E-state index in [9.17, 15) is 4.79 Å². The van der Waals surface area contributed by atoms with E-state index in [4.69, 9.17) is 0 Å².